The predicted octanol–water partition coefficient (Wildman–Crippen LogP) is 1.42. The Bertz CT molecular complexity index is 338. The molecule has 0 aliphatic heterocycles. The molecular weight excluding hydrogens is 206 g/mol. The number of pyridine rings is 1. The van der Waals surface area contributed by atoms with Gasteiger partial charge in [-0.3, -0.25) is 4.79 Å². The van der Waals surface area contributed by atoms with E-state index in [1.807, 2.05) is 6.92 Å². The maximum Gasteiger partial charge on any atom is 0.224 e. The zero-order valence-electron chi connectivity index (χ0n) is 9.56. The molecule has 0 fully saturated rings. The molecule has 0 radical (unpaired) electrons. The summed E-state index contributed by atoms with van der Waals surface area (Å²) in [4.78, 5) is 15.4. The van der Waals surface area contributed by atoms with Crippen molar-refractivity contribution in [2.75, 3.05) is 18.2 Å². The Morgan fingerprint density at radius 2 is 2.38 bits per heavy atom. The van der Waals surface area contributed by atoms with Crippen molar-refractivity contribution in [2.45, 2.75) is 25.9 Å². The predicted molar refractivity (Wildman–Crippen MR) is 63.0 cm³/mol. The summed E-state index contributed by atoms with van der Waals surface area (Å²) in [5.41, 5.74) is 6.09. The van der Waals surface area contributed by atoms with Crippen molar-refractivity contribution in [2.24, 2.45) is 0 Å². The normalized spacial score (nSPS) is 12.1. The molecule has 1 amide bonds. The second-order valence-corrected chi connectivity index (χ2v) is 3.60. The first-order chi connectivity index (χ1) is 7.61. The average molecular weight is 223 g/mol. The number of nitrogens with zero attached hydrogens (tertiary/aromatic N) is 1. The second-order valence-electron chi connectivity index (χ2n) is 3.60. The summed E-state index contributed by atoms with van der Waals surface area (Å²) in [5.74, 6) is 0.390. The van der Waals surface area contributed by atoms with Crippen LogP contribution in [0.25, 0.3) is 0 Å². The maximum atomic E-state index is 11.5. The summed E-state index contributed by atoms with van der Waals surface area (Å²) in [5, 5.41) is 2.74. The van der Waals surface area contributed by atoms with Crippen LogP contribution in [0.5, 0.6) is 0 Å². The van der Waals surface area contributed by atoms with Gasteiger partial charge in [0, 0.05) is 13.5 Å². The van der Waals surface area contributed by atoms with Crippen molar-refractivity contribution in [1.29, 1.82) is 0 Å². The van der Waals surface area contributed by atoms with E-state index in [0.717, 1.165) is 0 Å². The lowest BCUT2D eigenvalue weighted by Gasteiger charge is -2.09. The van der Waals surface area contributed by atoms with Gasteiger partial charge in [-0.25, -0.2) is 4.98 Å². The summed E-state index contributed by atoms with van der Waals surface area (Å²) in [6.07, 6.45) is 2.76. The largest absolute Gasteiger partial charge is 0.384 e. The van der Waals surface area contributed by atoms with Gasteiger partial charge in [-0.05, 0) is 25.5 Å². The number of hydrogen-bond acceptors (Lipinski definition) is 4. The van der Waals surface area contributed by atoms with Crippen LogP contribution in [-0.4, -0.2) is 24.1 Å². The summed E-state index contributed by atoms with van der Waals surface area (Å²) in [6, 6.07) is 3.37. The molecule has 0 aliphatic carbocycles. The van der Waals surface area contributed by atoms with Crippen molar-refractivity contribution in [3.8, 4) is 0 Å². The van der Waals surface area contributed by atoms with Crippen LogP contribution in [-0.2, 0) is 9.53 Å². The number of carbonyl (C=O) groups is 1. The average Bonchev–Trinajstić information content (AvgIpc) is 2.29. The number of hydrogen-bond donors (Lipinski definition) is 2. The van der Waals surface area contributed by atoms with Gasteiger partial charge in [0.15, 0.2) is 0 Å². The SMILES string of the molecule is COC(C)CCC(=O)Nc1ccc(N)nc1. The van der Waals surface area contributed by atoms with Crippen molar-refractivity contribution >= 4 is 17.4 Å². The lowest BCUT2D eigenvalue weighted by atomic mass is 10.2. The third kappa shape index (κ3) is 4.27. The number of rotatable bonds is 5. The van der Waals surface area contributed by atoms with Crippen LogP contribution >= 0.6 is 0 Å². The first-order valence-corrected chi connectivity index (χ1v) is 5.16. The Kier molecular flexibility index (Phi) is 4.72. The number of carbonyl (C=O) groups excluding carboxylic acids is 1. The van der Waals surface area contributed by atoms with Gasteiger partial charge in [-0.2, -0.15) is 0 Å². The Balaban J connectivity index is 2.37. The quantitative estimate of drug-likeness (QED) is 0.791. The zero-order valence-corrected chi connectivity index (χ0v) is 9.56. The van der Waals surface area contributed by atoms with E-state index in [1.54, 1.807) is 19.2 Å². The van der Waals surface area contributed by atoms with E-state index < -0.39 is 0 Å². The van der Waals surface area contributed by atoms with Crippen molar-refractivity contribution < 1.29 is 9.53 Å². The number of amides is 1. The van der Waals surface area contributed by atoms with Crippen LogP contribution in [0.3, 0.4) is 0 Å². The number of ether oxygens (including phenoxy) is 1. The lowest BCUT2D eigenvalue weighted by molar-refractivity contribution is -0.116. The van der Waals surface area contributed by atoms with Gasteiger partial charge in [0.25, 0.3) is 0 Å². The van der Waals surface area contributed by atoms with Gasteiger partial charge in [-0.15, -0.1) is 0 Å². The van der Waals surface area contributed by atoms with Crippen LogP contribution in [0.4, 0.5) is 11.5 Å². The molecule has 0 saturated carbocycles. The van der Waals surface area contributed by atoms with Crippen LogP contribution in [0.2, 0.25) is 0 Å². The van der Waals surface area contributed by atoms with Crippen LogP contribution < -0.4 is 11.1 Å². The molecule has 5 heteroatoms. The molecule has 1 aromatic rings. The summed E-state index contributed by atoms with van der Waals surface area (Å²) < 4.78 is 5.06. The monoisotopic (exact) mass is 223 g/mol. The molecule has 0 saturated heterocycles. The van der Waals surface area contributed by atoms with Gasteiger partial charge >= 0.3 is 0 Å². The van der Waals surface area contributed by atoms with Gasteiger partial charge in [0.2, 0.25) is 5.91 Å². The molecule has 3 N–H and O–H groups in total. The van der Waals surface area contributed by atoms with Crippen LogP contribution in [0.15, 0.2) is 18.3 Å². The standard InChI is InChI=1S/C11H17N3O2/c1-8(16-2)3-6-11(15)14-9-4-5-10(12)13-7-9/h4-5,7-8H,3,6H2,1-2H3,(H2,12,13)(H,14,15). The van der Waals surface area contributed by atoms with Crippen molar-refractivity contribution in [3.05, 3.63) is 18.3 Å². The molecule has 88 valence electrons. The van der Waals surface area contributed by atoms with E-state index in [0.29, 0.717) is 24.3 Å². The highest BCUT2D eigenvalue weighted by atomic mass is 16.5. The molecule has 1 rings (SSSR count). The first kappa shape index (κ1) is 12.4. The molecule has 1 aromatic heterocycles. The fourth-order valence-electron chi connectivity index (χ4n) is 1.15. The fourth-order valence-corrected chi connectivity index (χ4v) is 1.15. The maximum absolute atomic E-state index is 11.5. The van der Waals surface area contributed by atoms with E-state index >= 15 is 0 Å². The van der Waals surface area contributed by atoms with E-state index in [-0.39, 0.29) is 12.0 Å². The molecule has 1 unspecified atom stereocenters. The minimum atomic E-state index is -0.0459. The number of aromatic nitrogens is 1. The Morgan fingerprint density at radius 1 is 1.62 bits per heavy atom. The van der Waals surface area contributed by atoms with Gasteiger partial charge in [-0.1, -0.05) is 0 Å². The second kappa shape index (κ2) is 6.07. The van der Waals surface area contributed by atoms with Gasteiger partial charge in [0.05, 0.1) is 18.0 Å². The highest BCUT2D eigenvalue weighted by Crippen LogP contribution is 2.08. The molecule has 0 spiro atoms. The Morgan fingerprint density at radius 3 is 2.94 bits per heavy atom. The highest BCUT2D eigenvalue weighted by Gasteiger charge is 2.06. The fraction of sp³-hybridized carbons (Fsp3) is 0.455. The topological polar surface area (TPSA) is 77.2 Å². The lowest BCUT2D eigenvalue weighted by Crippen LogP contribution is -2.15. The molecule has 5 nitrogen and oxygen atoms in total. The molecule has 0 aliphatic rings. The molecule has 0 aromatic carbocycles. The number of methoxy groups -OCH3 is 1. The van der Waals surface area contributed by atoms with E-state index in [1.165, 1.54) is 6.20 Å². The minimum Gasteiger partial charge on any atom is -0.384 e. The third-order valence-corrected chi connectivity index (χ3v) is 2.25. The molecule has 0 bridgehead atoms. The first-order valence-electron chi connectivity index (χ1n) is 5.16. The van der Waals surface area contributed by atoms with E-state index in [9.17, 15) is 4.79 Å². The number of nitrogen functional groups attached to an aromatic ring is 1. The summed E-state index contributed by atoms with van der Waals surface area (Å²) >= 11 is 0. The minimum absolute atomic E-state index is 0.0459. The van der Waals surface area contributed by atoms with Crippen LogP contribution in [0, 0.1) is 0 Å². The number of anilines is 2. The molecule has 1 heterocycles. The van der Waals surface area contributed by atoms with E-state index in [4.69, 9.17) is 10.5 Å². The number of nitrogens with two attached hydrogens (primary N) is 1. The van der Waals surface area contributed by atoms with Crippen LogP contribution in [0.1, 0.15) is 19.8 Å². The smallest absolute Gasteiger partial charge is 0.224 e. The Hall–Kier alpha value is -1.62. The molecule has 16 heavy (non-hydrogen) atoms. The summed E-state index contributed by atoms with van der Waals surface area (Å²) in [7, 11) is 1.63. The highest BCUT2D eigenvalue weighted by molar-refractivity contribution is 5.90. The number of nitrogens with one attached hydrogen (secondary N) is 1. The molecular formula is C11H17N3O2. The summed E-state index contributed by atoms with van der Waals surface area (Å²) in [6.45, 7) is 1.93. The zero-order chi connectivity index (χ0) is 12.0. The van der Waals surface area contributed by atoms with Gasteiger partial charge in [0.1, 0.15) is 5.82 Å². The van der Waals surface area contributed by atoms with Crippen molar-refractivity contribution in [1.82, 2.24) is 4.98 Å². The Labute approximate surface area is 95.0 Å². The van der Waals surface area contributed by atoms with Crippen molar-refractivity contribution in [3.63, 3.8) is 0 Å². The van der Waals surface area contributed by atoms with Gasteiger partial charge < -0.3 is 15.8 Å². The van der Waals surface area contributed by atoms with E-state index in [2.05, 4.69) is 10.3 Å². The third-order valence-electron chi connectivity index (χ3n) is 2.25. The molecule has 1 atom stereocenters.